The Kier molecular flexibility index (Phi) is 8.27. The van der Waals surface area contributed by atoms with Crippen molar-refractivity contribution in [1.82, 2.24) is 0 Å². The highest BCUT2D eigenvalue weighted by Crippen LogP contribution is 2.35. The highest BCUT2D eigenvalue weighted by Gasteiger charge is 2.22. The minimum absolute atomic E-state index is 0.0853. The van der Waals surface area contributed by atoms with E-state index >= 15 is 0 Å². The molecule has 0 spiro atoms. The van der Waals surface area contributed by atoms with Crippen molar-refractivity contribution in [3.05, 3.63) is 120 Å². The van der Waals surface area contributed by atoms with Gasteiger partial charge in [-0.2, -0.15) is 0 Å². The molecule has 4 aromatic rings. The first-order chi connectivity index (χ1) is 18.9. The SMILES string of the molecule is O=C(c1ccc(Oc2ccccc2)cc1)N(Cc1ccc(C2CCCCC2)cc1)c1ccc(P(=O)(O)O)cc1. The normalized spacial score (nSPS) is 14.1. The number of anilines is 1. The first-order valence-electron chi connectivity index (χ1n) is 13.3. The molecule has 5 rings (SSSR count). The van der Waals surface area contributed by atoms with Crippen molar-refractivity contribution in [1.29, 1.82) is 0 Å². The molecule has 0 saturated heterocycles. The van der Waals surface area contributed by atoms with Crippen molar-refractivity contribution >= 4 is 24.5 Å². The summed E-state index contributed by atoms with van der Waals surface area (Å²) < 4.78 is 17.5. The zero-order chi connectivity index (χ0) is 27.2. The van der Waals surface area contributed by atoms with Gasteiger partial charge in [0.05, 0.1) is 11.8 Å². The van der Waals surface area contributed by atoms with E-state index in [1.165, 1.54) is 49.8 Å². The lowest BCUT2D eigenvalue weighted by Gasteiger charge is -2.25. The maximum Gasteiger partial charge on any atom is 0.356 e. The zero-order valence-electron chi connectivity index (χ0n) is 21.6. The van der Waals surface area contributed by atoms with Crippen LogP contribution in [0.25, 0.3) is 0 Å². The van der Waals surface area contributed by atoms with Crippen LogP contribution in [0.15, 0.2) is 103 Å². The van der Waals surface area contributed by atoms with Gasteiger partial charge in [0.15, 0.2) is 0 Å². The number of rotatable bonds is 8. The molecular formula is C32H32NO5P. The van der Waals surface area contributed by atoms with Crippen LogP contribution in [0.1, 0.15) is 59.5 Å². The summed E-state index contributed by atoms with van der Waals surface area (Å²) in [5.74, 6) is 1.71. The summed E-state index contributed by atoms with van der Waals surface area (Å²) in [6, 6.07) is 30.8. The van der Waals surface area contributed by atoms with Crippen LogP contribution in [0.3, 0.4) is 0 Å². The summed E-state index contributed by atoms with van der Waals surface area (Å²) >= 11 is 0. The van der Waals surface area contributed by atoms with Crippen molar-refractivity contribution in [3.8, 4) is 11.5 Å². The van der Waals surface area contributed by atoms with Gasteiger partial charge >= 0.3 is 7.60 Å². The molecule has 0 aromatic heterocycles. The number of hydrogen-bond acceptors (Lipinski definition) is 3. The number of benzene rings is 4. The Labute approximate surface area is 229 Å². The van der Waals surface area contributed by atoms with Crippen LogP contribution >= 0.6 is 7.60 Å². The predicted molar refractivity (Wildman–Crippen MR) is 154 cm³/mol. The molecule has 200 valence electrons. The van der Waals surface area contributed by atoms with E-state index in [0.717, 1.165) is 5.56 Å². The second-order valence-corrected chi connectivity index (χ2v) is 11.6. The van der Waals surface area contributed by atoms with Gasteiger partial charge in [-0.15, -0.1) is 0 Å². The molecule has 0 radical (unpaired) electrons. The third-order valence-electron chi connectivity index (χ3n) is 7.22. The Hall–Kier alpha value is -3.70. The average Bonchev–Trinajstić information content (AvgIpc) is 2.97. The Bertz CT molecular complexity index is 1430. The molecule has 1 fully saturated rings. The van der Waals surface area contributed by atoms with Gasteiger partial charge in [-0.25, -0.2) is 0 Å². The Balaban J connectivity index is 1.39. The van der Waals surface area contributed by atoms with Gasteiger partial charge in [0.2, 0.25) is 0 Å². The minimum Gasteiger partial charge on any atom is -0.457 e. The van der Waals surface area contributed by atoms with Crippen LogP contribution in [0.4, 0.5) is 5.69 Å². The van der Waals surface area contributed by atoms with Crippen molar-refractivity contribution in [2.24, 2.45) is 0 Å². The van der Waals surface area contributed by atoms with E-state index in [2.05, 4.69) is 24.3 Å². The fourth-order valence-electron chi connectivity index (χ4n) is 5.07. The molecule has 4 aromatic carbocycles. The number of hydrogen-bond donors (Lipinski definition) is 2. The third-order valence-corrected chi connectivity index (χ3v) is 8.19. The Morgan fingerprint density at radius 2 is 1.38 bits per heavy atom. The van der Waals surface area contributed by atoms with Gasteiger partial charge < -0.3 is 19.4 Å². The van der Waals surface area contributed by atoms with Crippen molar-refractivity contribution in [2.75, 3.05) is 4.90 Å². The number of para-hydroxylation sites is 1. The number of amides is 1. The molecule has 0 atom stereocenters. The van der Waals surface area contributed by atoms with E-state index in [1.54, 1.807) is 41.3 Å². The minimum atomic E-state index is -4.39. The molecule has 0 bridgehead atoms. The van der Waals surface area contributed by atoms with E-state index in [4.69, 9.17) is 4.74 Å². The van der Waals surface area contributed by atoms with E-state index < -0.39 is 7.60 Å². The predicted octanol–water partition coefficient (Wildman–Crippen LogP) is 7.18. The smallest absolute Gasteiger partial charge is 0.356 e. The summed E-state index contributed by atoms with van der Waals surface area (Å²) in [4.78, 5) is 34.4. The first-order valence-corrected chi connectivity index (χ1v) is 14.9. The lowest BCUT2D eigenvalue weighted by molar-refractivity contribution is 0.0985. The second-order valence-electron chi connectivity index (χ2n) is 9.97. The summed E-state index contributed by atoms with van der Waals surface area (Å²) in [5.41, 5.74) is 3.36. The monoisotopic (exact) mass is 541 g/mol. The lowest BCUT2D eigenvalue weighted by Crippen LogP contribution is -2.30. The molecule has 0 aliphatic heterocycles. The van der Waals surface area contributed by atoms with E-state index in [0.29, 0.717) is 35.2 Å². The fraction of sp³-hybridized carbons (Fsp3) is 0.219. The summed E-state index contributed by atoms with van der Waals surface area (Å²) in [7, 11) is -4.39. The topological polar surface area (TPSA) is 87.1 Å². The van der Waals surface area contributed by atoms with Gasteiger partial charge in [0.25, 0.3) is 5.91 Å². The molecule has 1 amide bonds. The zero-order valence-corrected chi connectivity index (χ0v) is 22.5. The maximum absolute atomic E-state index is 13.7. The van der Waals surface area contributed by atoms with Gasteiger partial charge in [0, 0.05) is 11.3 Å². The molecule has 2 N–H and O–H groups in total. The molecule has 39 heavy (non-hydrogen) atoms. The van der Waals surface area contributed by atoms with Crippen LogP contribution in [0.2, 0.25) is 0 Å². The van der Waals surface area contributed by atoms with Crippen LogP contribution in [0, 0.1) is 0 Å². The molecule has 0 heterocycles. The van der Waals surface area contributed by atoms with Crippen LogP contribution in [-0.4, -0.2) is 15.7 Å². The van der Waals surface area contributed by atoms with Crippen molar-refractivity contribution in [3.63, 3.8) is 0 Å². The number of ether oxygens (including phenoxy) is 1. The molecule has 0 unspecified atom stereocenters. The number of carbonyl (C=O) groups is 1. The van der Waals surface area contributed by atoms with Gasteiger partial charge in [0.1, 0.15) is 11.5 Å². The van der Waals surface area contributed by atoms with Crippen LogP contribution in [-0.2, 0) is 11.1 Å². The average molecular weight is 542 g/mol. The number of carbonyl (C=O) groups excluding carboxylic acids is 1. The standard InChI is InChI=1S/C32H32NO5P/c34-32(27-15-19-30(20-16-27)38-29-9-5-2-6-10-29)33(28-17-21-31(22-18-28)39(35,36)37)23-24-11-13-26(14-12-24)25-7-3-1-4-8-25/h2,5-6,9-22,25H,1,3-4,7-8,23H2,(H2,35,36,37). The lowest BCUT2D eigenvalue weighted by atomic mass is 9.84. The van der Waals surface area contributed by atoms with Crippen LogP contribution in [0.5, 0.6) is 11.5 Å². The van der Waals surface area contributed by atoms with Crippen LogP contribution < -0.4 is 14.9 Å². The van der Waals surface area contributed by atoms with E-state index in [-0.39, 0.29) is 11.2 Å². The highest BCUT2D eigenvalue weighted by molar-refractivity contribution is 7.60. The van der Waals surface area contributed by atoms with Crippen molar-refractivity contribution < 1.29 is 23.9 Å². The largest absolute Gasteiger partial charge is 0.457 e. The van der Waals surface area contributed by atoms with Gasteiger partial charge in [-0.3, -0.25) is 9.36 Å². The van der Waals surface area contributed by atoms with E-state index in [1.807, 2.05) is 30.3 Å². The number of nitrogens with zero attached hydrogens (tertiary/aromatic N) is 1. The van der Waals surface area contributed by atoms with E-state index in [9.17, 15) is 19.1 Å². The molecule has 1 aliphatic rings. The van der Waals surface area contributed by atoms with Gasteiger partial charge in [-0.05, 0) is 90.6 Å². The first kappa shape index (κ1) is 26.9. The summed E-state index contributed by atoms with van der Waals surface area (Å²) in [5, 5.41) is -0.0853. The third kappa shape index (κ3) is 6.85. The highest BCUT2D eigenvalue weighted by atomic mass is 31.2. The quantitative estimate of drug-likeness (QED) is 0.231. The molecule has 1 saturated carbocycles. The summed E-state index contributed by atoms with van der Waals surface area (Å²) in [6.07, 6.45) is 6.30. The maximum atomic E-state index is 13.7. The molecule has 6 nitrogen and oxygen atoms in total. The Morgan fingerprint density at radius 1 is 0.769 bits per heavy atom. The summed E-state index contributed by atoms with van der Waals surface area (Å²) in [6.45, 7) is 0.321. The molecular weight excluding hydrogens is 509 g/mol. The second kappa shape index (κ2) is 12.0. The fourth-order valence-corrected chi connectivity index (χ4v) is 5.60. The molecule has 7 heteroatoms. The Morgan fingerprint density at radius 3 is 2.00 bits per heavy atom. The van der Waals surface area contributed by atoms with Gasteiger partial charge in [-0.1, -0.05) is 61.7 Å². The van der Waals surface area contributed by atoms with Crippen molar-refractivity contribution in [2.45, 2.75) is 44.6 Å². The molecule has 1 aliphatic carbocycles.